The summed E-state index contributed by atoms with van der Waals surface area (Å²) in [5.74, 6) is -0.174. The Bertz CT molecular complexity index is 688. The minimum atomic E-state index is -1.32. The van der Waals surface area contributed by atoms with Crippen molar-refractivity contribution in [2.75, 3.05) is 20.8 Å². The maximum Gasteiger partial charge on any atom is 0.323 e. The van der Waals surface area contributed by atoms with E-state index in [9.17, 15) is 9.90 Å². The maximum absolute atomic E-state index is 12.1. The van der Waals surface area contributed by atoms with Crippen LogP contribution in [-0.4, -0.2) is 73.9 Å². The van der Waals surface area contributed by atoms with Crippen LogP contribution in [-0.2, 0) is 28.5 Å². The van der Waals surface area contributed by atoms with Gasteiger partial charge in [0.25, 0.3) is 0 Å². The highest BCUT2D eigenvalue weighted by Gasteiger charge is 2.72. The maximum atomic E-state index is 12.1. The zero-order chi connectivity index (χ0) is 23.7. The lowest BCUT2D eigenvalue weighted by Crippen LogP contribution is -2.57. The minimum Gasteiger partial charge on any atom is -0.468 e. The first-order valence-electron chi connectivity index (χ1n) is 11.7. The van der Waals surface area contributed by atoms with Crippen LogP contribution in [0.25, 0.3) is 0 Å². The van der Waals surface area contributed by atoms with Gasteiger partial charge in [0, 0.05) is 7.11 Å². The summed E-state index contributed by atoms with van der Waals surface area (Å²) in [5, 5.41) is 13.5. The first-order valence-corrected chi connectivity index (χ1v) is 11.7. The number of epoxide rings is 2. The average molecular weight is 456 g/mol. The Morgan fingerprint density at radius 1 is 1.31 bits per heavy atom. The van der Waals surface area contributed by atoms with Crippen LogP contribution in [0.4, 0.5) is 0 Å². The van der Waals surface area contributed by atoms with E-state index in [0.29, 0.717) is 19.4 Å². The molecule has 0 bridgehead atoms. The molecule has 1 spiro atoms. The standard InChI is InChI=1S/C24H41NO7/c1-14(2)8-9-18-23(5,32-18)20-19(28-6)17(10-11-24(20)13-30-24)31-22(27)25-16(12-15(3)4)21(26)29-7/h8,15-20,22,25,27H,9-13H2,1-7H3. The Balaban J connectivity index is 1.69. The van der Waals surface area contributed by atoms with Crippen molar-refractivity contribution in [3.05, 3.63) is 11.6 Å². The summed E-state index contributed by atoms with van der Waals surface area (Å²) in [4.78, 5) is 12.1. The molecule has 8 unspecified atom stereocenters. The van der Waals surface area contributed by atoms with E-state index in [1.54, 1.807) is 7.11 Å². The van der Waals surface area contributed by atoms with Gasteiger partial charge in [0.2, 0.25) is 6.41 Å². The SMILES string of the molecule is COC(=O)C(CC(C)C)NC(O)OC1CCC2(CO2)C(C2(C)OC2CC=C(C)C)C1OC. The summed E-state index contributed by atoms with van der Waals surface area (Å²) in [6, 6.07) is -0.647. The molecular formula is C24H41NO7. The number of hydrogen-bond donors (Lipinski definition) is 2. The fourth-order valence-corrected chi connectivity index (χ4v) is 5.31. The molecule has 2 saturated heterocycles. The highest BCUT2D eigenvalue weighted by Crippen LogP contribution is 2.59. The van der Waals surface area contributed by atoms with Gasteiger partial charge in [0.1, 0.15) is 11.6 Å². The molecular weight excluding hydrogens is 414 g/mol. The molecule has 2 heterocycles. The first-order chi connectivity index (χ1) is 15.1. The fourth-order valence-electron chi connectivity index (χ4n) is 5.31. The fraction of sp³-hybridized carbons (Fsp3) is 0.875. The largest absolute Gasteiger partial charge is 0.468 e. The number of carbonyl (C=O) groups is 1. The lowest BCUT2D eigenvalue weighted by atomic mass is 9.68. The van der Waals surface area contributed by atoms with Gasteiger partial charge in [-0.1, -0.05) is 25.5 Å². The second kappa shape index (κ2) is 10.1. The van der Waals surface area contributed by atoms with Gasteiger partial charge in [0.15, 0.2) is 0 Å². The number of nitrogens with one attached hydrogen (secondary N) is 1. The van der Waals surface area contributed by atoms with E-state index in [-0.39, 0.29) is 41.3 Å². The van der Waals surface area contributed by atoms with Gasteiger partial charge >= 0.3 is 5.97 Å². The molecule has 3 aliphatic rings. The highest BCUT2D eigenvalue weighted by atomic mass is 16.7. The summed E-state index contributed by atoms with van der Waals surface area (Å²) >= 11 is 0. The second-order valence-corrected chi connectivity index (χ2v) is 10.3. The molecule has 1 aliphatic carbocycles. The van der Waals surface area contributed by atoms with Gasteiger partial charge in [-0.25, -0.2) is 0 Å². The van der Waals surface area contributed by atoms with E-state index in [2.05, 4.69) is 32.2 Å². The van der Waals surface area contributed by atoms with Crippen LogP contribution in [0.1, 0.15) is 60.3 Å². The van der Waals surface area contributed by atoms with Gasteiger partial charge in [-0.15, -0.1) is 0 Å². The third-order valence-electron chi connectivity index (χ3n) is 7.08. The van der Waals surface area contributed by atoms with E-state index in [4.69, 9.17) is 23.7 Å². The molecule has 8 heteroatoms. The number of allylic oxidation sites excluding steroid dienone is 1. The Morgan fingerprint density at radius 2 is 2.00 bits per heavy atom. The topological polar surface area (TPSA) is 102 Å². The molecule has 1 saturated carbocycles. The number of aliphatic hydroxyl groups excluding tert-OH is 1. The number of rotatable bonds is 11. The first kappa shape index (κ1) is 25.6. The van der Waals surface area contributed by atoms with Crippen LogP contribution < -0.4 is 5.32 Å². The lowest BCUT2D eigenvalue weighted by molar-refractivity contribution is -0.218. The van der Waals surface area contributed by atoms with E-state index in [0.717, 1.165) is 12.8 Å². The van der Waals surface area contributed by atoms with Gasteiger partial charge in [-0.05, 0) is 52.4 Å². The molecule has 3 rings (SSSR count). The van der Waals surface area contributed by atoms with Crippen molar-refractivity contribution in [3.8, 4) is 0 Å². The minimum absolute atomic E-state index is 0.00594. The zero-order valence-electron chi connectivity index (χ0n) is 20.6. The molecule has 184 valence electrons. The number of aliphatic hydroxyl groups is 1. The Kier molecular flexibility index (Phi) is 8.06. The van der Waals surface area contributed by atoms with Crippen LogP contribution in [0, 0.1) is 11.8 Å². The van der Waals surface area contributed by atoms with Crippen molar-refractivity contribution in [2.45, 2.75) is 102 Å². The smallest absolute Gasteiger partial charge is 0.323 e. The van der Waals surface area contributed by atoms with Crippen LogP contribution in [0.3, 0.4) is 0 Å². The van der Waals surface area contributed by atoms with Crippen molar-refractivity contribution in [1.82, 2.24) is 5.32 Å². The van der Waals surface area contributed by atoms with Crippen molar-refractivity contribution < 1.29 is 33.6 Å². The van der Waals surface area contributed by atoms with Gasteiger partial charge < -0.3 is 28.8 Å². The van der Waals surface area contributed by atoms with E-state index in [1.165, 1.54) is 12.7 Å². The zero-order valence-corrected chi connectivity index (χ0v) is 20.6. The van der Waals surface area contributed by atoms with E-state index in [1.807, 2.05) is 13.8 Å². The van der Waals surface area contributed by atoms with Crippen LogP contribution in [0.15, 0.2) is 11.6 Å². The van der Waals surface area contributed by atoms with Gasteiger partial charge in [-0.3, -0.25) is 10.1 Å². The monoisotopic (exact) mass is 455 g/mol. The molecule has 3 fully saturated rings. The van der Waals surface area contributed by atoms with Crippen LogP contribution in [0.5, 0.6) is 0 Å². The van der Waals surface area contributed by atoms with Crippen molar-refractivity contribution in [1.29, 1.82) is 0 Å². The number of ether oxygens (including phenoxy) is 5. The van der Waals surface area contributed by atoms with Gasteiger partial charge in [-0.2, -0.15) is 0 Å². The molecule has 2 N–H and O–H groups in total. The Labute approximate surface area is 191 Å². The molecule has 0 amide bonds. The normalized spacial score (nSPS) is 37.8. The number of carbonyl (C=O) groups excluding carboxylic acids is 1. The van der Waals surface area contributed by atoms with Crippen molar-refractivity contribution in [3.63, 3.8) is 0 Å². The van der Waals surface area contributed by atoms with Crippen molar-refractivity contribution >= 4 is 5.97 Å². The molecule has 8 atom stereocenters. The van der Waals surface area contributed by atoms with Crippen LogP contribution in [0.2, 0.25) is 0 Å². The third kappa shape index (κ3) is 5.54. The van der Waals surface area contributed by atoms with Crippen molar-refractivity contribution in [2.24, 2.45) is 11.8 Å². The predicted octanol–water partition coefficient (Wildman–Crippen LogP) is 2.53. The molecule has 0 aromatic rings. The summed E-state index contributed by atoms with van der Waals surface area (Å²) in [7, 11) is 3.01. The lowest BCUT2D eigenvalue weighted by Gasteiger charge is -2.43. The average Bonchev–Trinajstić information content (AvgIpc) is 3.63. The van der Waals surface area contributed by atoms with E-state index < -0.39 is 18.4 Å². The highest BCUT2D eigenvalue weighted by molar-refractivity contribution is 5.75. The quantitative estimate of drug-likeness (QED) is 0.212. The summed E-state index contributed by atoms with van der Waals surface area (Å²) < 4.78 is 29.0. The third-order valence-corrected chi connectivity index (χ3v) is 7.08. The van der Waals surface area contributed by atoms with Gasteiger partial charge in [0.05, 0.1) is 43.5 Å². The molecule has 0 aromatic carbocycles. The summed E-state index contributed by atoms with van der Waals surface area (Å²) in [6.07, 6.45) is 3.23. The number of methoxy groups -OCH3 is 2. The molecule has 2 aliphatic heterocycles. The Morgan fingerprint density at radius 3 is 2.53 bits per heavy atom. The number of hydrogen-bond acceptors (Lipinski definition) is 8. The molecule has 0 aromatic heterocycles. The number of esters is 1. The molecule has 32 heavy (non-hydrogen) atoms. The summed E-state index contributed by atoms with van der Waals surface area (Å²) in [6.45, 7) is 11.0. The summed E-state index contributed by atoms with van der Waals surface area (Å²) in [5.41, 5.74) is 0.652. The second-order valence-electron chi connectivity index (χ2n) is 10.3. The predicted molar refractivity (Wildman–Crippen MR) is 119 cm³/mol. The Hall–Kier alpha value is -1.03. The van der Waals surface area contributed by atoms with Crippen LogP contribution >= 0.6 is 0 Å². The molecule has 8 nitrogen and oxygen atoms in total. The molecule has 0 radical (unpaired) electrons. The van der Waals surface area contributed by atoms with E-state index >= 15 is 0 Å².